The summed E-state index contributed by atoms with van der Waals surface area (Å²) in [4.78, 5) is 17.1. The zero-order chi connectivity index (χ0) is 29.1. The molecule has 0 aromatic heterocycles. The summed E-state index contributed by atoms with van der Waals surface area (Å²) in [5.74, 6) is 1.33. The van der Waals surface area contributed by atoms with E-state index in [4.69, 9.17) is 19.6 Å². The van der Waals surface area contributed by atoms with Gasteiger partial charge >= 0.3 is 0 Å². The second kappa shape index (κ2) is 11.6. The van der Waals surface area contributed by atoms with E-state index in [1.165, 1.54) is 22.3 Å². The van der Waals surface area contributed by atoms with Gasteiger partial charge in [-0.2, -0.15) is 15.1 Å². The van der Waals surface area contributed by atoms with Gasteiger partial charge in [0.25, 0.3) is 5.91 Å². The standard InChI is InChI=1S/C32H32N4O4S/c1-20-6-9-22(10-7-20)30-35-36-28(33)25(29(37)34-31(36)41-30)18-21-8-15-26(27(19-21)38-5)40-17-16-39-24-13-11-23(12-14-24)32(2,3)4/h6-15,18-19,33H,16-17H2,1-5H3. The topological polar surface area (TPSA) is 96.6 Å². The number of methoxy groups -OCH3 is 1. The molecule has 0 unspecified atom stereocenters. The Morgan fingerprint density at radius 3 is 2.34 bits per heavy atom. The fourth-order valence-electron chi connectivity index (χ4n) is 4.23. The van der Waals surface area contributed by atoms with E-state index >= 15 is 0 Å². The zero-order valence-electron chi connectivity index (χ0n) is 23.7. The number of benzene rings is 3. The normalized spacial score (nSPS) is 15.9. The van der Waals surface area contributed by atoms with Gasteiger partial charge in [0.05, 0.1) is 12.7 Å². The first-order valence-electron chi connectivity index (χ1n) is 13.2. The van der Waals surface area contributed by atoms with Crippen LogP contribution in [0, 0.1) is 12.3 Å². The van der Waals surface area contributed by atoms with Crippen molar-refractivity contribution in [2.75, 3.05) is 20.3 Å². The molecular formula is C32H32N4O4S. The molecule has 0 saturated carbocycles. The van der Waals surface area contributed by atoms with Crippen LogP contribution in [0.15, 0.2) is 82.4 Å². The molecule has 0 saturated heterocycles. The van der Waals surface area contributed by atoms with Crippen molar-refractivity contribution in [2.24, 2.45) is 10.1 Å². The van der Waals surface area contributed by atoms with Gasteiger partial charge in [0.15, 0.2) is 17.3 Å². The Hall–Kier alpha value is -4.37. The first-order valence-corrected chi connectivity index (χ1v) is 14.1. The number of thioether (sulfide) groups is 1. The summed E-state index contributed by atoms with van der Waals surface area (Å²) in [5.41, 5.74) is 4.20. The van der Waals surface area contributed by atoms with Crippen molar-refractivity contribution in [2.45, 2.75) is 33.1 Å². The Morgan fingerprint density at radius 1 is 0.951 bits per heavy atom. The maximum Gasteiger partial charge on any atom is 0.283 e. The number of nitrogens with zero attached hydrogens (tertiary/aromatic N) is 3. The molecule has 0 fully saturated rings. The predicted octanol–water partition coefficient (Wildman–Crippen LogP) is 6.43. The number of carbonyl (C=O) groups excluding carboxylic acids is 1. The Bertz CT molecular complexity index is 1570. The van der Waals surface area contributed by atoms with Gasteiger partial charge in [0, 0.05) is 5.56 Å². The smallest absolute Gasteiger partial charge is 0.283 e. The summed E-state index contributed by atoms with van der Waals surface area (Å²) in [6, 6.07) is 21.4. The van der Waals surface area contributed by atoms with Crippen LogP contribution in [0.5, 0.6) is 17.2 Å². The highest BCUT2D eigenvalue weighted by Crippen LogP contribution is 2.33. The first kappa shape index (κ1) is 28.2. The maximum absolute atomic E-state index is 12.9. The molecule has 1 amide bonds. The number of nitrogens with one attached hydrogen (secondary N) is 1. The maximum atomic E-state index is 12.9. The molecule has 3 aromatic rings. The van der Waals surface area contributed by atoms with Gasteiger partial charge in [-0.05, 0) is 65.6 Å². The second-order valence-corrected chi connectivity index (χ2v) is 11.6. The SMILES string of the molecule is COc1cc(C=C2C(=N)N3N=C(c4ccc(C)cc4)SC3=NC2=O)ccc1OCCOc1ccc(C(C)(C)C)cc1. The molecule has 1 N–H and O–H groups in total. The molecule has 2 aliphatic rings. The highest BCUT2D eigenvalue weighted by atomic mass is 32.2. The highest BCUT2D eigenvalue weighted by molar-refractivity contribution is 8.27. The fourth-order valence-corrected chi connectivity index (χ4v) is 5.12. The minimum Gasteiger partial charge on any atom is -0.493 e. The van der Waals surface area contributed by atoms with Gasteiger partial charge in [-0.1, -0.05) is 68.8 Å². The fraction of sp³-hybridized carbons (Fsp3) is 0.250. The largest absolute Gasteiger partial charge is 0.493 e. The summed E-state index contributed by atoms with van der Waals surface area (Å²) >= 11 is 1.28. The number of carbonyl (C=O) groups is 1. The Labute approximate surface area is 244 Å². The van der Waals surface area contributed by atoms with Gasteiger partial charge in [-0.15, -0.1) is 0 Å². The predicted molar refractivity (Wildman–Crippen MR) is 164 cm³/mol. The van der Waals surface area contributed by atoms with Crippen LogP contribution in [0.25, 0.3) is 6.08 Å². The van der Waals surface area contributed by atoms with Crippen molar-refractivity contribution >= 4 is 39.8 Å². The Kier molecular flexibility index (Phi) is 7.99. The third kappa shape index (κ3) is 6.36. The molecule has 41 heavy (non-hydrogen) atoms. The van der Waals surface area contributed by atoms with E-state index in [9.17, 15) is 4.79 Å². The quantitative estimate of drug-likeness (QED) is 0.249. The average Bonchev–Trinajstić information content (AvgIpc) is 3.38. The lowest BCUT2D eigenvalue weighted by Crippen LogP contribution is -2.35. The van der Waals surface area contributed by atoms with Crippen LogP contribution in [-0.4, -0.2) is 47.3 Å². The molecule has 9 heteroatoms. The number of fused-ring (bicyclic) bond motifs is 1. The van der Waals surface area contributed by atoms with Gasteiger partial charge in [-0.25, -0.2) is 0 Å². The van der Waals surface area contributed by atoms with Crippen LogP contribution < -0.4 is 14.2 Å². The van der Waals surface area contributed by atoms with Crippen molar-refractivity contribution in [1.29, 1.82) is 5.41 Å². The highest BCUT2D eigenvalue weighted by Gasteiger charge is 2.36. The van der Waals surface area contributed by atoms with Crippen LogP contribution >= 0.6 is 11.8 Å². The number of amidine groups is 2. The molecule has 0 radical (unpaired) electrons. The average molecular weight is 569 g/mol. The lowest BCUT2D eigenvalue weighted by molar-refractivity contribution is -0.114. The van der Waals surface area contributed by atoms with E-state index < -0.39 is 5.91 Å². The summed E-state index contributed by atoms with van der Waals surface area (Å²) in [6.45, 7) is 9.24. The number of ether oxygens (including phenoxy) is 3. The van der Waals surface area contributed by atoms with Gasteiger partial charge in [0.1, 0.15) is 24.0 Å². The number of amides is 1. The van der Waals surface area contributed by atoms with Gasteiger partial charge in [-0.3, -0.25) is 10.2 Å². The van der Waals surface area contributed by atoms with E-state index in [-0.39, 0.29) is 16.8 Å². The number of hydrogen-bond acceptors (Lipinski definition) is 7. The number of hydrogen-bond donors (Lipinski definition) is 1. The minimum absolute atomic E-state index is 0.0263. The molecule has 8 nitrogen and oxygen atoms in total. The Morgan fingerprint density at radius 2 is 1.66 bits per heavy atom. The van der Waals surface area contributed by atoms with E-state index in [2.05, 4.69) is 43.0 Å². The lowest BCUT2D eigenvalue weighted by atomic mass is 9.87. The van der Waals surface area contributed by atoms with E-state index in [1.54, 1.807) is 31.4 Å². The Balaban J connectivity index is 1.24. The number of aryl methyl sites for hydroxylation is 1. The molecule has 0 aliphatic carbocycles. The molecule has 2 heterocycles. The van der Waals surface area contributed by atoms with Crippen molar-refractivity contribution in [3.05, 3.63) is 94.6 Å². The molecule has 210 valence electrons. The molecule has 0 bridgehead atoms. The molecule has 0 atom stereocenters. The van der Waals surface area contributed by atoms with Crippen LogP contribution in [0.2, 0.25) is 0 Å². The molecule has 3 aromatic carbocycles. The number of rotatable bonds is 8. The van der Waals surface area contributed by atoms with Gasteiger partial charge in [0.2, 0.25) is 5.17 Å². The second-order valence-electron chi connectivity index (χ2n) is 10.7. The molecule has 5 rings (SSSR count). The van der Waals surface area contributed by atoms with Crippen molar-refractivity contribution in [1.82, 2.24) is 5.01 Å². The van der Waals surface area contributed by atoms with E-state index in [0.717, 1.165) is 16.9 Å². The third-order valence-corrected chi connectivity index (χ3v) is 7.54. The van der Waals surface area contributed by atoms with Crippen LogP contribution in [0.4, 0.5) is 0 Å². The monoisotopic (exact) mass is 568 g/mol. The van der Waals surface area contributed by atoms with Crippen molar-refractivity contribution in [3.63, 3.8) is 0 Å². The summed E-state index contributed by atoms with van der Waals surface area (Å²) in [6.07, 6.45) is 1.62. The molecule has 0 spiro atoms. The van der Waals surface area contributed by atoms with Crippen molar-refractivity contribution < 1.29 is 19.0 Å². The number of hydrazone groups is 1. The van der Waals surface area contributed by atoms with E-state index in [1.807, 2.05) is 43.3 Å². The molecule has 2 aliphatic heterocycles. The summed E-state index contributed by atoms with van der Waals surface area (Å²) < 4.78 is 17.3. The minimum atomic E-state index is -0.485. The van der Waals surface area contributed by atoms with Crippen LogP contribution in [0.1, 0.15) is 43.0 Å². The van der Waals surface area contributed by atoms with Crippen LogP contribution in [-0.2, 0) is 10.2 Å². The zero-order valence-corrected chi connectivity index (χ0v) is 24.5. The first-order chi connectivity index (χ1) is 19.6. The van der Waals surface area contributed by atoms with Crippen molar-refractivity contribution in [3.8, 4) is 17.2 Å². The summed E-state index contributed by atoms with van der Waals surface area (Å²) in [7, 11) is 1.56. The number of aliphatic imine (C=N–C) groups is 1. The van der Waals surface area contributed by atoms with Gasteiger partial charge < -0.3 is 14.2 Å². The summed E-state index contributed by atoms with van der Waals surface area (Å²) in [5, 5.41) is 15.7. The third-order valence-electron chi connectivity index (χ3n) is 6.58. The van der Waals surface area contributed by atoms with E-state index in [0.29, 0.717) is 40.5 Å². The van der Waals surface area contributed by atoms with Crippen LogP contribution in [0.3, 0.4) is 0 Å². The lowest BCUT2D eigenvalue weighted by Gasteiger charge is -2.20. The molecular weight excluding hydrogens is 536 g/mol.